The van der Waals surface area contributed by atoms with E-state index in [-0.39, 0.29) is 11.0 Å². The summed E-state index contributed by atoms with van der Waals surface area (Å²) >= 11 is 0. The number of aryl methyl sites for hydroxylation is 1. The SMILES string of the molecule is COc1ccc(S(=O)(=O)NCCCc2ccc(OC(C)C)cc2)cc1. The van der Waals surface area contributed by atoms with Gasteiger partial charge in [0.05, 0.1) is 18.1 Å². The van der Waals surface area contributed by atoms with Crippen molar-refractivity contribution in [2.24, 2.45) is 0 Å². The van der Waals surface area contributed by atoms with E-state index in [4.69, 9.17) is 9.47 Å². The van der Waals surface area contributed by atoms with Crippen LogP contribution in [-0.4, -0.2) is 28.2 Å². The normalized spacial score (nSPS) is 11.5. The monoisotopic (exact) mass is 363 g/mol. The lowest BCUT2D eigenvalue weighted by molar-refractivity contribution is 0.242. The third-order valence-electron chi connectivity index (χ3n) is 3.60. The minimum atomic E-state index is -3.49. The summed E-state index contributed by atoms with van der Waals surface area (Å²) in [6.07, 6.45) is 1.67. The molecule has 1 N–H and O–H groups in total. The van der Waals surface area contributed by atoms with Gasteiger partial charge in [-0.15, -0.1) is 0 Å². The fraction of sp³-hybridized carbons (Fsp3) is 0.368. The molecule has 25 heavy (non-hydrogen) atoms. The fourth-order valence-electron chi connectivity index (χ4n) is 2.34. The van der Waals surface area contributed by atoms with Gasteiger partial charge in [-0.25, -0.2) is 13.1 Å². The van der Waals surface area contributed by atoms with E-state index in [1.807, 2.05) is 38.1 Å². The van der Waals surface area contributed by atoms with Gasteiger partial charge in [-0.05, 0) is 68.7 Å². The molecule has 0 atom stereocenters. The lowest BCUT2D eigenvalue weighted by Gasteiger charge is -2.10. The van der Waals surface area contributed by atoms with Crippen molar-refractivity contribution in [1.29, 1.82) is 0 Å². The fourth-order valence-corrected chi connectivity index (χ4v) is 3.42. The van der Waals surface area contributed by atoms with Crippen LogP contribution in [0.1, 0.15) is 25.8 Å². The highest BCUT2D eigenvalue weighted by Crippen LogP contribution is 2.16. The first-order valence-corrected chi connectivity index (χ1v) is 9.78. The first-order chi connectivity index (χ1) is 11.9. The maximum Gasteiger partial charge on any atom is 0.240 e. The molecular formula is C19H25NO4S. The van der Waals surface area contributed by atoms with E-state index < -0.39 is 10.0 Å². The van der Waals surface area contributed by atoms with Gasteiger partial charge in [0.25, 0.3) is 0 Å². The molecule has 2 rings (SSSR count). The first-order valence-electron chi connectivity index (χ1n) is 8.30. The van der Waals surface area contributed by atoms with Gasteiger partial charge in [0.2, 0.25) is 10.0 Å². The average Bonchev–Trinajstić information content (AvgIpc) is 2.60. The molecule has 0 bridgehead atoms. The van der Waals surface area contributed by atoms with Gasteiger partial charge in [0, 0.05) is 6.54 Å². The quantitative estimate of drug-likeness (QED) is 0.694. The van der Waals surface area contributed by atoms with Gasteiger partial charge in [0.15, 0.2) is 0 Å². The van der Waals surface area contributed by atoms with Gasteiger partial charge in [0.1, 0.15) is 11.5 Å². The molecule has 0 radical (unpaired) electrons. The molecule has 0 heterocycles. The summed E-state index contributed by atoms with van der Waals surface area (Å²) in [6, 6.07) is 14.2. The minimum Gasteiger partial charge on any atom is -0.497 e. The summed E-state index contributed by atoms with van der Waals surface area (Å²) < 4.78 is 37.7. The van der Waals surface area contributed by atoms with Crippen molar-refractivity contribution in [3.05, 3.63) is 54.1 Å². The summed E-state index contributed by atoms with van der Waals surface area (Å²) in [5, 5.41) is 0. The summed E-state index contributed by atoms with van der Waals surface area (Å²) in [7, 11) is -1.94. The van der Waals surface area contributed by atoms with Crippen LogP contribution in [0.15, 0.2) is 53.4 Å². The highest BCUT2D eigenvalue weighted by molar-refractivity contribution is 7.89. The molecule has 0 spiro atoms. The first kappa shape index (κ1) is 19.3. The number of sulfonamides is 1. The second kappa shape index (κ2) is 8.87. The van der Waals surface area contributed by atoms with Crippen molar-refractivity contribution in [1.82, 2.24) is 4.72 Å². The Morgan fingerprint density at radius 2 is 1.56 bits per heavy atom. The molecule has 5 nitrogen and oxygen atoms in total. The Bertz CT molecular complexity index is 753. The lowest BCUT2D eigenvalue weighted by atomic mass is 10.1. The Labute approximate surface area is 150 Å². The van der Waals surface area contributed by atoms with Crippen molar-refractivity contribution in [3.8, 4) is 11.5 Å². The Morgan fingerprint density at radius 3 is 2.12 bits per heavy atom. The Balaban J connectivity index is 1.81. The minimum absolute atomic E-state index is 0.151. The summed E-state index contributed by atoms with van der Waals surface area (Å²) in [6.45, 7) is 4.37. The zero-order valence-electron chi connectivity index (χ0n) is 14.9. The zero-order chi connectivity index (χ0) is 18.3. The van der Waals surface area contributed by atoms with Crippen molar-refractivity contribution in [2.45, 2.75) is 37.7 Å². The molecule has 0 saturated heterocycles. The predicted octanol–water partition coefficient (Wildman–Crippen LogP) is 3.39. The van der Waals surface area contributed by atoms with E-state index >= 15 is 0 Å². The molecule has 0 aliphatic carbocycles. The van der Waals surface area contributed by atoms with Crippen LogP contribution in [0, 0.1) is 0 Å². The second-order valence-corrected chi connectivity index (χ2v) is 7.75. The molecule has 6 heteroatoms. The molecule has 0 aliphatic rings. The van der Waals surface area contributed by atoms with Crippen LogP contribution in [0.25, 0.3) is 0 Å². The van der Waals surface area contributed by atoms with E-state index in [1.165, 1.54) is 12.1 Å². The van der Waals surface area contributed by atoms with E-state index in [0.29, 0.717) is 12.3 Å². The van der Waals surface area contributed by atoms with Crippen molar-refractivity contribution < 1.29 is 17.9 Å². The summed E-state index contributed by atoms with van der Waals surface area (Å²) in [5.74, 6) is 1.47. The summed E-state index contributed by atoms with van der Waals surface area (Å²) in [5.41, 5.74) is 1.15. The highest BCUT2D eigenvalue weighted by Gasteiger charge is 2.13. The van der Waals surface area contributed by atoms with Crippen molar-refractivity contribution in [2.75, 3.05) is 13.7 Å². The Morgan fingerprint density at radius 1 is 0.960 bits per heavy atom. The van der Waals surface area contributed by atoms with Gasteiger partial charge in [-0.3, -0.25) is 0 Å². The largest absolute Gasteiger partial charge is 0.497 e. The molecule has 0 aliphatic heterocycles. The van der Waals surface area contributed by atoms with Crippen LogP contribution in [0.3, 0.4) is 0 Å². The molecule has 0 aromatic heterocycles. The lowest BCUT2D eigenvalue weighted by Crippen LogP contribution is -2.25. The maximum atomic E-state index is 12.2. The van der Waals surface area contributed by atoms with Crippen LogP contribution in [-0.2, 0) is 16.4 Å². The van der Waals surface area contributed by atoms with Crippen LogP contribution in [0.5, 0.6) is 11.5 Å². The third-order valence-corrected chi connectivity index (χ3v) is 5.08. The van der Waals surface area contributed by atoms with E-state index in [0.717, 1.165) is 24.2 Å². The van der Waals surface area contributed by atoms with E-state index in [2.05, 4.69) is 4.72 Å². The standard InChI is InChI=1S/C19H25NO4S/c1-15(2)24-18-8-6-16(7-9-18)5-4-14-20-25(21,22)19-12-10-17(23-3)11-13-19/h6-13,15,20H,4-5,14H2,1-3H3. The molecular weight excluding hydrogens is 338 g/mol. The van der Waals surface area contributed by atoms with E-state index in [1.54, 1.807) is 19.2 Å². The number of benzene rings is 2. The highest BCUT2D eigenvalue weighted by atomic mass is 32.2. The van der Waals surface area contributed by atoms with Gasteiger partial charge in [-0.2, -0.15) is 0 Å². The molecule has 0 unspecified atom stereocenters. The zero-order valence-corrected chi connectivity index (χ0v) is 15.7. The van der Waals surface area contributed by atoms with Gasteiger partial charge < -0.3 is 9.47 Å². The topological polar surface area (TPSA) is 64.6 Å². The predicted molar refractivity (Wildman–Crippen MR) is 98.7 cm³/mol. The maximum absolute atomic E-state index is 12.2. The molecule has 136 valence electrons. The molecule has 2 aromatic rings. The van der Waals surface area contributed by atoms with Crippen molar-refractivity contribution in [3.63, 3.8) is 0 Å². The van der Waals surface area contributed by atoms with Crippen LogP contribution in [0.4, 0.5) is 0 Å². The van der Waals surface area contributed by atoms with Crippen LogP contribution < -0.4 is 14.2 Å². The summed E-state index contributed by atoms with van der Waals surface area (Å²) in [4.78, 5) is 0.239. The third kappa shape index (κ3) is 6.07. The second-order valence-electron chi connectivity index (χ2n) is 5.99. The Kier molecular flexibility index (Phi) is 6.84. The average molecular weight is 363 g/mol. The van der Waals surface area contributed by atoms with E-state index in [9.17, 15) is 8.42 Å². The van der Waals surface area contributed by atoms with Gasteiger partial charge >= 0.3 is 0 Å². The number of hydrogen-bond donors (Lipinski definition) is 1. The number of methoxy groups -OCH3 is 1. The number of nitrogens with one attached hydrogen (secondary N) is 1. The number of ether oxygens (including phenoxy) is 2. The Hall–Kier alpha value is -2.05. The van der Waals surface area contributed by atoms with Crippen LogP contribution in [0.2, 0.25) is 0 Å². The van der Waals surface area contributed by atoms with Crippen molar-refractivity contribution >= 4 is 10.0 Å². The number of rotatable bonds is 9. The molecule has 0 saturated carbocycles. The molecule has 0 amide bonds. The van der Waals surface area contributed by atoms with Gasteiger partial charge in [-0.1, -0.05) is 12.1 Å². The van der Waals surface area contributed by atoms with Crippen LogP contribution >= 0.6 is 0 Å². The molecule has 0 fully saturated rings. The smallest absolute Gasteiger partial charge is 0.240 e. The number of hydrogen-bond acceptors (Lipinski definition) is 4. The molecule has 2 aromatic carbocycles.